The maximum Gasteiger partial charge on any atom is 0.453 e. The Hall–Kier alpha value is -3.76. The van der Waals surface area contributed by atoms with Crippen LogP contribution in [0.25, 0.3) is 0 Å². The van der Waals surface area contributed by atoms with Crippen LogP contribution in [0.5, 0.6) is 5.75 Å². The molecular formula is C23H17F5N4O2. The zero-order valence-electron chi connectivity index (χ0n) is 17.7. The lowest BCUT2D eigenvalue weighted by atomic mass is 9.78. The summed E-state index contributed by atoms with van der Waals surface area (Å²) in [5.74, 6) is -3.51. The minimum atomic E-state index is -4.85. The van der Waals surface area contributed by atoms with Crippen LogP contribution in [0, 0.1) is 11.6 Å². The number of rotatable bonds is 3. The van der Waals surface area contributed by atoms with E-state index in [9.17, 15) is 26.7 Å². The molecule has 2 atom stereocenters. The number of benzene rings is 2. The molecular weight excluding hydrogens is 459 g/mol. The summed E-state index contributed by atoms with van der Waals surface area (Å²) < 4.78 is 74.1. The quantitative estimate of drug-likeness (QED) is 0.539. The van der Waals surface area contributed by atoms with Crippen LogP contribution in [0.1, 0.15) is 41.8 Å². The van der Waals surface area contributed by atoms with Crippen molar-refractivity contribution in [2.45, 2.75) is 31.0 Å². The van der Waals surface area contributed by atoms with E-state index < -0.39 is 29.7 Å². The third-order valence-electron chi connectivity index (χ3n) is 5.96. The number of hydrogen-bond donors (Lipinski definition) is 1. The number of nitrogens with zero attached hydrogens (tertiary/aromatic N) is 3. The van der Waals surface area contributed by atoms with E-state index in [2.05, 4.69) is 15.4 Å². The lowest BCUT2D eigenvalue weighted by Crippen LogP contribution is -2.33. The van der Waals surface area contributed by atoms with Crippen LogP contribution in [0.15, 0.2) is 53.7 Å². The molecule has 11 heteroatoms. The summed E-state index contributed by atoms with van der Waals surface area (Å²) in [5.41, 5.74) is 1.27. The predicted molar refractivity (Wildman–Crippen MR) is 110 cm³/mol. The van der Waals surface area contributed by atoms with Crippen LogP contribution in [-0.2, 0) is 11.0 Å². The average Bonchev–Trinajstić information content (AvgIpc) is 3.21. The molecule has 1 N–H and O–H groups in total. The van der Waals surface area contributed by atoms with Gasteiger partial charge in [-0.25, -0.2) is 13.5 Å². The number of methoxy groups -OCH3 is 1. The largest absolute Gasteiger partial charge is 0.497 e. The Kier molecular flexibility index (Phi) is 5.14. The normalized spacial score (nSPS) is 20.0. The van der Waals surface area contributed by atoms with Gasteiger partial charge < -0.3 is 10.1 Å². The van der Waals surface area contributed by atoms with Crippen molar-refractivity contribution in [3.8, 4) is 5.75 Å². The minimum absolute atomic E-state index is 0.0392. The monoisotopic (exact) mass is 476 g/mol. The first-order valence-electron chi connectivity index (χ1n) is 10.3. The van der Waals surface area contributed by atoms with Gasteiger partial charge >= 0.3 is 6.18 Å². The van der Waals surface area contributed by atoms with Gasteiger partial charge in [-0.1, -0.05) is 12.1 Å². The number of ether oxygens (including phenoxy) is 1. The number of Topliss-reactive ketones (excluding diaryl/α,β-unsaturated/α-hetero) is 1. The second kappa shape index (κ2) is 7.93. The average molecular weight is 476 g/mol. The molecule has 5 rings (SSSR count). The summed E-state index contributed by atoms with van der Waals surface area (Å²) in [6, 6.07) is 8.47. The Labute approximate surface area is 190 Å². The molecule has 6 nitrogen and oxygen atoms in total. The summed E-state index contributed by atoms with van der Waals surface area (Å²) in [6.07, 6.45) is -4.49. The van der Waals surface area contributed by atoms with E-state index in [4.69, 9.17) is 4.74 Å². The van der Waals surface area contributed by atoms with Gasteiger partial charge in [-0.15, -0.1) is 5.10 Å². The fraction of sp³-hybridized carbons (Fsp3) is 0.261. The van der Waals surface area contributed by atoms with Crippen LogP contribution in [0.2, 0.25) is 0 Å². The molecule has 2 aromatic carbocycles. The van der Waals surface area contributed by atoms with E-state index in [1.54, 1.807) is 12.1 Å². The van der Waals surface area contributed by atoms with Gasteiger partial charge in [0.2, 0.25) is 5.95 Å². The van der Waals surface area contributed by atoms with Crippen LogP contribution >= 0.6 is 0 Å². The zero-order valence-corrected chi connectivity index (χ0v) is 17.7. The Morgan fingerprint density at radius 2 is 1.71 bits per heavy atom. The Morgan fingerprint density at radius 3 is 2.32 bits per heavy atom. The first-order valence-corrected chi connectivity index (χ1v) is 10.3. The van der Waals surface area contributed by atoms with E-state index in [-0.39, 0.29) is 41.6 Å². The van der Waals surface area contributed by atoms with Gasteiger partial charge in [0.15, 0.2) is 5.78 Å². The van der Waals surface area contributed by atoms with Crippen molar-refractivity contribution in [3.63, 3.8) is 0 Å². The molecule has 2 heterocycles. The molecule has 1 aliphatic carbocycles. The molecule has 3 aromatic rings. The number of carbonyl (C=O) groups excluding carboxylic acids is 1. The van der Waals surface area contributed by atoms with E-state index in [0.29, 0.717) is 17.5 Å². The van der Waals surface area contributed by atoms with E-state index in [0.717, 1.165) is 22.4 Å². The summed E-state index contributed by atoms with van der Waals surface area (Å²) in [7, 11) is 1.53. The fourth-order valence-electron chi connectivity index (χ4n) is 4.49. The van der Waals surface area contributed by atoms with Gasteiger partial charge in [0, 0.05) is 23.8 Å². The fourth-order valence-corrected chi connectivity index (χ4v) is 4.49. The second-order valence-electron chi connectivity index (χ2n) is 8.13. The Bertz CT molecular complexity index is 1290. The van der Waals surface area contributed by atoms with Crippen molar-refractivity contribution in [1.82, 2.24) is 14.8 Å². The van der Waals surface area contributed by atoms with Crippen molar-refractivity contribution in [1.29, 1.82) is 0 Å². The van der Waals surface area contributed by atoms with E-state index in [1.807, 2.05) is 12.1 Å². The maximum absolute atomic E-state index is 14.0. The topological polar surface area (TPSA) is 69.0 Å². The van der Waals surface area contributed by atoms with E-state index >= 15 is 0 Å². The van der Waals surface area contributed by atoms with Crippen molar-refractivity contribution >= 4 is 11.7 Å². The van der Waals surface area contributed by atoms with Gasteiger partial charge in [0.1, 0.15) is 23.4 Å². The molecule has 0 saturated heterocycles. The van der Waals surface area contributed by atoms with Crippen LogP contribution < -0.4 is 10.1 Å². The summed E-state index contributed by atoms with van der Waals surface area (Å²) in [4.78, 5) is 16.9. The molecule has 1 aromatic heterocycles. The van der Waals surface area contributed by atoms with Gasteiger partial charge in [-0.3, -0.25) is 4.79 Å². The number of fused-ring (bicyclic) bond motifs is 1. The number of aromatic nitrogens is 3. The summed E-state index contributed by atoms with van der Waals surface area (Å²) >= 11 is 0. The van der Waals surface area contributed by atoms with Crippen LogP contribution in [-0.4, -0.2) is 27.7 Å². The molecule has 0 radical (unpaired) electrons. The molecule has 176 valence electrons. The number of anilines is 1. The van der Waals surface area contributed by atoms with Crippen molar-refractivity contribution in [3.05, 3.63) is 82.3 Å². The van der Waals surface area contributed by atoms with Crippen LogP contribution in [0.4, 0.5) is 27.9 Å². The molecule has 2 aliphatic rings. The molecule has 0 spiro atoms. The highest BCUT2D eigenvalue weighted by molar-refractivity contribution is 6.00. The second-order valence-corrected chi connectivity index (χ2v) is 8.13. The lowest BCUT2D eigenvalue weighted by Gasteiger charge is -2.35. The van der Waals surface area contributed by atoms with Gasteiger partial charge in [0.25, 0.3) is 5.82 Å². The molecule has 0 fully saturated rings. The summed E-state index contributed by atoms with van der Waals surface area (Å²) in [5, 5.41) is 6.34. The van der Waals surface area contributed by atoms with Crippen LogP contribution in [0.3, 0.4) is 0 Å². The molecule has 0 amide bonds. The highest BCUT2D eigenvalue weighted by atomic mass is 19.4. The third-order valence-corrected chi connectivity index (χ3v) is 5.96. The SMILES string of the molecule is COc1ccc([C@@H]2CC(=O)C3=C(C2)Nc2nc(C(F)(F)F)nn2[C@@H]3c2cc(F)cc(F)c2)cc1. The van der Waals surface area contributed by atoms with Gasteiger partial charge in [-0.05, 0) is 47.7 Å². The van der Waals surface area contributed by atoms with Crippen molar-refractivity contribution in [2.75, 3.05) is 12.4 Å². The smallest absolute Gasteiger partial charge is 0.453 e. The number of halogens is 5. The molecule has 0 unspecified atom stereocenters. The zero-order chi connectivity index (χ0) is 24.2. The molecule has 34 heavy (non-hydrogen) atoms. The maximum atomic E-state index is 14.0. The minimum Gasteiger partial charge on any atom is -0.497 e. The molecule has 0 bridgehead atoms. The summed E-state index contributed by atoms with van der Waals surface area (Å²) in [6.45, 7) is 0. The lowest BCUT2D eigenvalue weighted by molar-refractivity contribution is -0.145. The number of nitrogens with one attached hydrogen (secondary N) is 1. The van der Waals surface area contributed by atoms with Crippen molar-refractivity contribution in [2.24, 2.45) is 0 Å². The predicted octanol–water partition coefficient (Wildman–Crippen LogP) is 5.00. The number of ketones is 1. The highest BCUT2D eigenvalue weighted by Crippen LogP contribution is 2.45. The molecule has 0 saturated carbocycles. The van der Waals surface area contributed by atoms with Gasteiger partial charge in [0.05, 0.1) is 7.11 Å². The Morgan fingerprint density at radius 1 is 1.03 bits per heavy atom. The van der Waals surface area contributed by atoms with E-state index in [1.165, 1.54) is 7.11 Å². The highest BCUT2D eigenvalue weighted by Gasteiger charge is 2.43. The standard InChI is InChI=1S/C23H17F5N4O2/c1-34-16-4-2-11(3-5-16)12-8-17-19(18(33)9-12)20(13-6-14(24)10-15(25)7-13)32-22(29-17)30-21(31-32)23(26,27)28/h2-7,10,12,20H,8-9H2,1H3,(H,29,30,31)/t12-,20+/m0/s1. The molecule has 1 aliphatic heterocycles. The number of hydrogen-bond acceptors (Lipinski definition) is 5. The van der Waals surface area contributed by atoms with Crippen molar-refractivity contribution < 1.29 is 31.5 Å². The van der Waals surface area contributed by atoms with Gasteiger partial charge in [-0.2, -0.15) is 18.2 Å². The number of alkyl halides is 3. The Balaban J connectivity index is 1.62. The number of carbonyl (C=O) groups is 1. The number of allylic oxidation sites excluding steroid dienone is 2. The first kappa shape index (κ1) is 22.1. The first-order chi connectivity index (χ1) is 16.1. The third kappa shape index (κ3) is 3.80.